The number of hydrogen-bond acceptors (Lipinski definition) is 11. The van der Waals surface area contributed by atoms with Crippen LogP contribution in [0.15, 0.2) is 0 Å². The first-order valence-corrected chi connectivity index (χ1v) is 13.6. The van der Waals surface area contributed by atoms with Gasteiger partial charge in [0.05, 0.1) is 35.9 Å². The molecular weight excluding hydrogens is 500 g/mol. The number of hydrogen-bond donors (Lipinski definition) is 6. The predicted octanol–water partition coefficient (Wildman–Crippen LogP) is 0.147. The number of esters is 1. The minimum absolute atomic E-state index is 0.115. The van der Waals surface area contributed by atoms with Crippen molar-refractivity contribution < 1.29 is 54.4 Å². The normalized spacial score (nSPS) is 50.3. The summed E-state index contributed by atoms with van der Waals surface area (Å²) in [5.74, 6) is -5.03. The summed E-state index contributed by atoms with van der Waals surface area (Å²) in [6.45, 7) is 12.7. The Morgan fingerprint density at radius 1 is 0.868 bits per heavy atom. The van der Waals surface area contributed by atoms with Crippen LogP contribution in [-0.2, 0) is 23.8 Å². The van der Waals surface area contributed by atoms with Crippen LogP contribution in [0.5, 0.6) is 0 Å². The highest BCUT2D eigenvalue weighted by molar-refractivity contribution is 5.83. The molecular formula is C27H48O11. The lowest BCUT2D eigenvalue weighted by atomic mass is 9.75. The van der Waals surface area contributed by atoms with Gasteiger partial charge in [-0.05, 0) is 33.6 Å². The molecule has 2 heterocycles. The van der Waals surface area contributed by atoms with Crippen LogP contribution in [0.4, 0.5) is 0 Å². The largest absolute Gasteiger partial charge is 0.462 e. The fourth-order valence-electron chi connectivity index (χ4n) is 5.81. The number of aliphatic hydroxyl groups excluding tert-OH is 5. The smallest absolute Gasteiger partial charge is 0.311 e. The highest BCUT2D eigenvalue weighted by Gasteiger charge is 2.49. The number of ketones is 1. The van der Waals surface area contributed by atoms with Crippen molar-refractivity contribution >= 4 is 11.8 Å². The van der Waals surface area contributed by atoms with E-state index in [4.69, 9.17) is 14.2 Å². The molecule has 0 aromatic carbocycles. The third kappa shape index (κ3) is 6.93. The summed E-state index contributed by atoms with van der Waals surface area (Å²) in [5.41, 5.74) is -1.79. The van der Waals surface area contributed by atoms with E-state index in [0.717, 1.165) is 0 Å². The quantitative estimate of drug-likeness (QED) is 0.264. The average Bonchev–Trinajstić information content (AvgIpc) is 2.87. The molecule has 0 aromatic heterocycles. The second kappa shape index (κ2) is 13.0. The molecule has 15 atom stereocenters. The van der Waals surface area contributed by atoms with Gasteiger partial charge in [0.25, 0.3) is 0 Å². The third-order valence-electron chi connectivity index (χ3n) is 8.58. The average molecular weight is 549 g/mol. The fraction of sp³-hybridized carbons (Fsp3) is 0.926. The lowest BCUT2D eigenvalue weighted by Crippen LogP contribution is -2.59. The Labute approximate surface area is 225 Å². The van der Waals surface area contributed by atoms with Crippen LogP contribution in [0.2, 0.25) is 0 Å². The van der Waals surface area contributed by atoms with Gasteiger partial charge < -0.3 is 44.8 Å². The van der Waals surface area contributed by atoms with Crippen molar-refractivity contribution in [2.45, 2.75) is 129 Å². The van der Waals surface area contributed by atoms with Crippen LogP contribution >= 0.6 is 0 Å². The number of rotatable bonds is 3. The zero-order valence-electron chi connectivity index (χ0n) is 23.7. The van der Waals surface area contributed by atoms with Gasteiger partial charge in [-0.25, -0.2) is 0 Å². The molecule has 0 amide bonds. The van der Waals surface area contributed by atoms with Crippen LogP contribution in [0.25, 0.3) is 0 Å². The van der Waals surface area contributed by atoms with E-state index in [9.17, 15) is 40.2 Å². The van der Waals surface area contributed by atoms with E-state index in [0.29, 0.717) is 6.42 Å². The van der Waals surface area contributed by atoms with Crippen molar-refractivity contribution in [1.82, 2.24) is 0 Å². The molecule has 6 N–H and O–H groups in total. The summed E-state index contributed by atoms with van der Waals surface area (Å²) >= 11 is 0. The Balaban J connectivity index is 2.50. The maximum absolute atomic E-state index is 13.3. The minimum Gasteiger partial charge on any atom is -0.462 e. The Bertz CT molecular complexity index is 804. The maximum Gasteiger partial charge on any atom is 0.311 e. The van der Waals surface area contributed by atoms with Crippen LogP contribution in [0, 0.1) is 29.6 Å². The lowest BCUT2D eigenvalue weighted by Gasteiger charge is -2.44. The van der Waals surface area contributed by atoms with Crippen molar-refractivity contribution in [2.75, 3.05) is 0 Å². The van der Waals surface area contributed by atoms with Gasteiger partial charge in [-0.1, -0.05) is 34.6 Å². The van der Waals surface area contributed by atoms with E-state index in [1.54, 1.807) is 34.6 Å². The number of aliphatic hydroxyl groups is 6. The van der Waals surface area contributed by atoms with Gasteiger partial charge in [-0.3, -0.25) is 9.59 Å². The molecule has 222 valence electrons. The van der Waals surface area contributed by atoms with Crippen molar-refractivity contribution in [3.8, 4) is 0 Å². The third-order valence-corrected chi connectivity index (χ3v) is 8.58. The highest BCUT2D eigenvalue weighted by Crippen LogP contribution is 2.35. The molecule has 0 bridgehead atoms. The zero-order valence-corrected chi connectivity index (χ0v) is 23.7. The molecule has 11 nitrogen and oxygen atoms in total. The van der Waals surface area contributed by atoms with Crippen LogP contribution in [-0.4, -0.2) is 103 Å². The van der Waals surface area contributed by atoms with Crippen LogP contribution < -0.4 is 0 Å². The molecule has 2 aliphatic heterocycles. The topological polar surface area (TPSA) is 183 Å². The summed E-state index contributed by atoms with van der Waals surface area (Å²) in [6, 6.07) is 0. The number of carbonyl (C=O) groups is 2. The summed E-state index contributed by atoms with van der Waals surface area (Å²) in [5, 5.41) is 64.3. The molecule has 2 fully saturated rings. The van der Waals surface area contributed by atoms with Crippen LogP contribution in [0.3, 0.4) is 0 Å². The number of Topliss-reactive ketones (excluding diaryl/α,β-unsaturated/α-hetero) is 1. The van der Waals surface area contributed by atoms with Gasteiger partial charge in [-0.2, -0.15) is 0 Å². The molecule has 2 saturated heterocycles. The molecule has 0 spiro atoms. The van der Waals surface area contributed by atoms with Crippen molar-refractivity contribution in [3.63, 3.8) is 0 Å². The molecule has 38 heavy (non-hydrogen) atoms. The van der Waals surface area contributed by atoms with Gasteiger partial charge in [0.15, 0.2) is 6.29 Å². The Morgan fingerprint density at radius 2 is 1.45 bits per heavy atom. The molecule has 3 unspecified atom stereocenters. The van der Waals surface area contributed by atoms with Crippen LogP contribution in [0.1, 0.15) is 68.2 Å². The maximum atomic E-state index is 13.3. The summed E-state index contributed by atoms with van der Waals surface area (Å²) in [4.78, 5) is 26.5. The fourth-order valence-corrected chi connectivity index (χ4v) is 5.81. The van der Waals surface area contributed by atoms with E-state index in [-0.39, 0.29) is 12.2 Å². The summed E-state index contributed by atoms with van der Waals surface area (Å²) < 4.78 is 17.3. The standard InChI is InChI=1S/C27H48O11/c1-9-17-12(3)19(29)13(4)18(28)11(2)10-27(8,35)24(33)14(5)23(15(6)25(34)37-17)38-26-22(32)21(31)20(30)16(7)36-26/h11-17,19-24,26,29-33,35H,9-10H2,1-8H3/t11-,12+,13?,14+,15-,16-,17?,19+,20-,21+,22+,23?,24-,26-,27-/m1/s1. The SMILES string of the molecule is CCC1OC(=O)[C@H](C)C(O[C@H]2O[C@H](C)[C@@H](O)[C@H](O)[C@@H]2O)[C@H](C)[C@@H](O)[C@](C)(O)C[C@@H](C)C(=O)C(C)[C@@H](O)[C@H]1C. The monoisotopic (exact) mass is 548 g/mol. The molecule has 11 heteroatoms. The van der Waals surface area contributed by atoms with E-state index in [2.05, 4.69) is 0 Å². The van der Waals surface area contributed by atoms with Gasteiger partial charge in [0.1, 0.15) is 30.2 Å². The van der Waals surface area contributed by atoms with Crippen molar-refractivity contribution in [3.05, 3.63) is 0 Å². The molecule has 2 rings (SSSR count). The second-order valence-corrected chi connectivity index (χ2v) is 11.8. The number of cyclic esters (lactones) is 1. The first-order valence-electron chi connectivity index (χ1n) is 13.6. The first kappa shape index (κ1) is 33.0. The van der Waals surface area contributed by atoms with Crippen molar-refractivity contribution in [2.24, 2.45) is 29.6 Å². The van der Waals surface area contributed by atoms with Gasteiger partial charge in [0, 0.05) is 23.7 Å². The predicted molar refractivity (Wildman–Crippen MR) is 135 cm³/mol. The molecule has 0 radical (unpaired) electrons. The molecule has 2 aliphatic rings. The number of ether oxygens (including phenoxy) is 3. The van der Waals surface area contributed by atoms with Gasteiger partial charge >= 0.3 is 5.97 Å². The van der Waals surface area contributed by atoms with E-state index < -0.39 is 96.3 Å². The summed E-state index contributed by atoms with van der Waals surface area (Å²) in [6.07, 6.45) is -11.2. The molecule has 0 aliphatic carbocycles. The van der Waals surface area contributed by atoms with E-state index in [1.165, 1.54) is 20.8 Å². The highest BCUT2D eigenvalue weighted by atomic mass is 16.7. The first-order chi connectivity index (χ1) is 17.5. The van der Waals surface area contributed by atoms with E-state index >= 15 is 0 Å². The van der Waals surface area contributed by atoms with Crippen molar-refractivity contribution in [1.29, 1.82) is 0 Å². The Hall–Kier alpha value is -1.18. The van der Waals surface area contributed by atoms with Gasteiger partial charge in [-0.15, -0.1) is 0 Å². The molecule has 0 saturated carbocycles. The lowest BCUT2D eigenvalue weighted by molar-refractivity contribution is -0.315. The second-order valence-electron chi connectivity index (χ2n) is 11.8. The zero-order chi connectivity index (χ0) is 29.3. The molecule has 0 aromatic rings. The Kier molecular flexibility index (Phi) is 11.3. The minimum atomic E-state index is -1.79. The summed E-state index contributed by atoms with van der Waals surface area (Å²) in [7, 11) is 0. The number of carbonyl (C=O) groups excluding carboxylic acids is 2. The van der Waals surface area contributed by atoms with E-state index in [1.807, 2.05) is 0 Å². The Morgan fingerprint density at radius 3 is 2.00 bits per heavy atom. The van der Waals surface area contributed by atoms with Gasteiger partial charge in [0.2, 0.25) is 0 Å².